The van der Waals surface area contributed by atoms with Gasteiger partial charge in [-0.15, -0.1) is 0 Å². The predicted octanol–water partition coefficient (Wildman–Crippen LogP) is 1.51. The highest BCUT2D eigenvalue weighted by Gasteiger charge is 1.95. The van der Waals surface area contributed by atoms with Gasteiger partial charge < -0.3 is 0 Å². The average molecular weight is 91.1 g/mol. The maximum absolute atomic E-state index is 11.1. The van der Waals surface area contributed by atoms with E-state index in [2.05, 4.69) is 0 Å². The standard InChI is InChI=1S/C4H8FO/c1-2-3-4(5)6/h4H,2-3H2,1H3/t4-/m1/s1. The zero-order chi connectivity index (χ0) is 4.99. The first-order valence-corrected chi connectivity index (χ1v) is 2.07. The minimum absolute atomic E-state index is 0.153. The predicted molar refractivity (Wildman–Crippen MR) is 20.5 cm³/mol. The van der Waals surface area contributed by atoms with Crippen molar-refractivity contribution in [2.45, 2.75) is 26.1 Å². The van der Waals surface area contributed by atoms with Crippen LogP contribution in [0.15, 0.2) is 0 Å². The molecule has 37 valence electrons. The van der Waals surface area contributed by atoms with E-state index in [-0.39, 0.29) is 6.42 Å². The molecule has 0 aliphatic carbocycles. The van der Waals surface area contributed by atoms with Gasteiger partial charge in [-0.05, 0) is 0 Å². The molecule has 0 N–H and O–H groups in total. The lowest BCUT2D eigenvalue weighted by atomic mass is 10.3. The summed E-state index contributed by atoms with van der Waals surface area (Å²) in [5.41, 5.74) is 0. The first-order chi connectivity index (χ1) is 2.77. The molecule has 0 aromatic rings. The van der Waals surface area contributed by atoms with E-state index in [9.17, 15) is 9.50 Å². The van der Waals surface area contributed by atoms with Crippen molar-refractivity contribution in [2.75, 3.05) is 0 Å². The monoisotopic (exact) mass is 91.1 g/mol. The molecule has 0 saturated carbocycles. The average Bonchev–Trinajstić information content (AvgIpc) is 1.35. The summed E-state index contributed by atoms with van der Waals surface area (Å²) >= 11 is 0. The summed E-state index contributed by atoms with van der Waals surface area (Å²) in [6, 6.07) is 0. The molecule has 0 aromatic heterocycles. The van der Waals surface area contributed by atoms with E-state index in [1.54, 1.807) is 6.92 Å². The molecule has 2 heteroatoms. The van der Waals surface area contributed by atoms with Crippen LogP contribution in [0.1, 0.15) is 19.8 Å². The van der Waals surface area contributed by atoms with Gasteiger partial charge in [-0.3, -0.25) is 0 Å². The van der Waals surface area contributed by atoms with E-state index in [0.29, 0.717) is 6.42 Å². The largest absolute Gasteiger partial charge is 0.231 e. The van der Waals surface area contributed by atoms with Gasteiger partial charge in [0, 0.05) is 6.42 Å². The van der Waals surface area contributed by atoms with E-state index < -0.39 is 6.36 Å². The minimum Gasteiger partial charge on any atom is -0.213 e. The van der Waals surface area contributed by atoms with Crippen LogP contribution in [-0.2, 0) is 5.11 Å². The Labute approximate surface area is 36.8 Å². The molecule has 0 aliphatic rings. The highest BCUT2D eigenvalue weighted by molar-refractivity contribution is 4.31. The van der Waals surface area contributed by atoms with Crippen LogP contribution in [-0.4, -0.2) is 6.36 Å². The third-order valence-electron chi connectivity index (χ3n) is 0.516. The van der Waals surface area contributed by atoms with Crippen molar-refractivity contribution in [1.82, 2.24) is 0 Å². The summed E-state index contributed by atoms with van der Waals surface area (Å²) < 4.78 is 11.1. The fraction of sp³-hybridized carbons (Fsp3) is 1.00. The van der Waals surface area contributed by atoms with Crippen molar-refractivity contribution < 1.29 is 9.50 Å². The molecule has 0 heterocycles. The van der Waals surface area contributed by atoms with Gasteiger partial charge in [0.1, 0.15) is 0 Å². The van der Waals surface area contributed by atoms with E-state index in [1.807, 2.05) is 0 Å². The van der Waals surface area contributed by atoms with Gasteiger partial charge in [0.25, 0.3) is 0 Å². The van der Waals surface area contributed by atoms with Crippen LogP contribution in [0.25, 0.3) is 0 Å². The van der Waals surface area contributed by atoms with Gasteiger partial charge in [-0.1, -0.05) is 13.3 Å². The zero-order valence-corrected chi connectivity index (χ0v) is 3.78. The summed E-state index contributed by atoms with van der Waals surface area (Å²) in [7, 11) is 0. The van der Waals surface area contributed by atoms with Gasteiger partial charge in [0.2, 0.25) is 6.36 Å². The summed E-state index contributed by atoms with van der Waals surface area (Å²) in [5.74, 6) is 0. The van der Waals surface area contributed by atoms with Crippen LogP contribution in [0.4, 0.5) is 4.39 Å². The lowest BCUT2D eigenvalue weighted by molar-refractivity contribution is -0.0283. The molecule has 1 nitrogen and oxygen atoms in total. The van der Waals surface area contributed by atoms with Crippen LogP contribution < -0.4 is 0 Å². The number of hydrogen-bond donors (Lipinski definition) is 0. The number of hydrogen-bond acceptors (Lipinski definition) is 0. The minimum atomic E-state index is -1.85. The number of alkyl halides is 1. The van der Waals surface area contributed by atoms with Crippen LogP contribution in [0.3, 0.4) is 0 Å². The van der Waals surface area contributed by atoms with E-state index in [4.69, 9.17) is 0 Å². The van der Waals surface area contributed by atoms with Crippen molar-refractivity contribution in [3.05, 3.63) is 0 Å². The van der Waals surface area contributed by atoms with E-state index in [1.165, 1.54) is 0 Å². The Morgan fingerprint density at radius 2 is 2.33 bits per heavy atom. The zero-order valence-electron chi connectivity index (χ0n) is 3.78. The molecule has 0 aromatic carbocycles. The smallest absolute Gasteiger partial charge is 0.213 e. The SMILES string of the molecule is CCC[C@@H]([O])F. The summed E-state index contributed by atoms with van der Waals surface area (Å²) in [5, 5.41) is 9.46. The first kappa shape index (κ1) is 5.89. The molecule has 0 saturated heterocycles. The Hall–Kier alpha value is -0.110. The van der Waals surface area contributed by atoms with Crippen LogP contribution in [0.5, 0.6) is 0 Å². The highest BCUT2D eigenvalue weighted by atomic mass is 19.1. The molecule has 6 heavy (non-hydrogen) atoms. The number of halogens is 1. The van der Waals surface area contributed by atoms with Crippen molar-refractivity contribution >= 4 is 0 Å². The van der Waals surface area contributed by atoms with Crippen molar-refractivity contribution in [3.63, 3.8) is 0 Å². The normalized spacial score (nSPS) is 14.5. The van der Waals surface area contributed by atoms with Crippen molar-refractivity contribution in [1.29, 1.82) is 0 Å². The molecule has 0 spiro atoms. The maximum atomic E-state index is 11.1. The Kier molecular flexibility index (Phi) is 3.04. The second-order valence-electron chi connectivity index (χ2n) is 1.20. The molecule has 1 atom stereocenters. The Bertz CT molecular complexity index is 28.7. The molecule has 0 aliphatic heterocycles. The lowest BCUT2D eigenvalue weighted by Gasteiger charge is -1.88. The third-order valence-corrected chi connectivity index (χ3v) is 0.516. The van der Waals surface area contributed by atoms with Crippen molar-refractivity contribution in [3.8, 4) is 0 Å². The molecule has 0 rings (SSSR count). The molecular formula is C4H8FO. The molecule has 0 unspecified atom stereocenters. The quantitative estimate of drug-likeness (QED) is 0.491. The molecule has 1 radical (unpaired) electrons. The fourth-order valence-corrected chi connectivity index (χ4v) is 0.227. The van der Waals surface area contributed by atoms with Crippen LogP contribution in [0.2, 0.25) is 0 Å². The first-order valence-electron chi connectivity index (χ1n) is 2.07. The second-order valence-corrected chi connectivity index (χ2v) is 1.20. The van der Waals surface area contributed by atoms with Crippen molar-refractivity contribution in [2.24, 2.45) is 0 Å². The molecular weight excluding hydrogens is 83.0 g/mol. The van der Waals surface area contributed by atoms with Gasteiger partial charge in [0.15, 0.2) is 0 Å². The third kappa shape index (κ3) is 3.89. The maximum Gasteiger partial charge on any atom is 0.231 e. The van der Waals surface area contributed by atoms with Gasteiger partial charge in [0.05, 0.1) is 0 Å². The Balaban J connectivity index is 2.63. The Morgan fingerprint density at radius 1 is 1.83 bits per heavy atom. The summed E-state index contributed by atoms with van der Waals surface area (Å²) in [4.78, 5) is 0. The molecule has 0 fully saturated rings. The summed E-state index contributed by atoms with van der Waals surface area (Å²) in [6.45, 7) is 1.78. The lowest BCUT2D eigenvalue weighted by Crippen LogP contribution is -1.90. The van der Waals surface area contributed by atoms with Gasteiger partial charge >= 0.3 is 0 Å². The van der Waals surface area contributed by atoms with Crippen LogP contribution >= 0.6 is 0 Å². The van der Waals surface area contributed by atoms with Crippen LogP contribution in [0, 0.1) is 0 Å². The fourth-order valence-electron chi connectivity index (χ4n) is 0.227. The topological polar surface area (TPSA) is 19.9 Å². The molecule has 0 bridgehead atoms. The highest BCUT2D eigenvalue weighted by Crippen LogP contribution is 1.95. The Morgan fingerprint density at radius 3 is 2.33 bits per heavy atom. The second kappa shape index (κ2) is 3.09. The number of rotatable bonds is 2. The van der Waals surface area contributed by atoms with Gasteiger partial charge in [-0.2, -0.15) is 5.11 Å². The molecule has 0 amide bonds. The van der Waals surface area contributed by atoms with E-state index >= 15 is 0 Å². The summed E-state index contributed by atoms with van der Waals surface area (Å²) in [6.07, 6.45) is -1.06. The van der Waals surface area contributed by atoms with Gasteiger partial charge in [-0.25, -0.2) is 4.39 Å². The van der Waals surface area contributed by atoms with E-state index in [0.717, 1.165) is 0 Å².